The summed E-state index contributed by atoms with van der Waals surface area (Å²) in [4.78, 5) is 25.2. The Morgan fingerprint density at radius 3 is 2.54 bits per heavy atom. The number of benzene rings is 2. The van der Waals surface area contributed by atoms with Crippen molar-refractivity contribution in [3.8, 4) is 0 Å². The molecule has 0 saturated carbocycles. The highest BCUT2D eigenvalue weighted by atomic mass is 32.2. The second-order valence-electron chi connectivity index (χ2n) is 6.46. The zero-order valence-electron chi connectivity index (χ0n) is 14.8. The molecular formula is C19H21FN2O3S. The van der Waals surface area contributed by atoms with E-state index in [9.17, 15) is 14.0 Å². The Morgan fingerprint density at radius 2 is 1.85 bits per heavy atom. The number of ether oxygens (including phenoxy) is 1. The number of rotatable bonds is 5. The number of carbonyl (C=O) groups is 2. The van der Waals surface area contributed by atoms with Crippen LogP contribution in [0.15, 0.2) is 58.3 Å². The number of carbonyl (C=O) groups excluding carboxylic acids is 2. The van der Waals surface area contributed by atoms with Crippen molar-refractivity contribution < 1.29 is 18.7 Å². The summed E-state index contributed by atoms with van der Waals surface area (Å²) in [6.45, 7) is 5.01. The molecule has 0 bridgehead atoms. The average molecular weight is 376 g/mol. The van der Waals surface area contributed by atoms with Gasteiger partial charge in [-0.05, 0) is 51.1 Å². The maximum Gasteiger partial charge on any atom is 0.408 e. The first-order chi connectivity index (χ1) is 12.2. The lowest BCUT2D eigenvalue weighted by Crippen LogP contribution is -2.37. The van der Waals surface area contributed by atoms with E-state index in [2.05, 4.69) is 10.6 Å². The lowest BCUT2D eigenvalue weighted by Gasteiger charge is -2.19. The number of amides is 2. The second-order valence-corrected chi connectivity index (χ2v) is 7.57. The van der Waals surface area contributed by atoms with E-state index in [1.165, 1.54) is 23.9 Å². The molecule has 0 aliphatic heterocycles. The van der Waals surface area contributed by atoms with Crippen LogP contribution in [-0.2, 0) is 9.53 Å². The SMILES string of the molecule is CC(C)(C)OC(=O)NCC(=O)Nc1ccccc1Sc1cccc(F)c1. The summed E-state index contributed by atoms with van der Waals surface area (Å²) in [7, 11) is 0. The van der Waals surface area contributed by atoms with Gasteiger partial charge in [-0.1, -0.05) is 30.0 Å². The normalized spacial score (nSPS) is 10.9. The average Bonchev–Trinajstić information content (AvgIpc) is 2.53. The molecule has 2 rings (SSSR count). The Bertz CT molecular complexity index is 790. The van der Waals surface area contributed by atoms with Crippen LogP contribution >= 0.6 is 11.8 Å². The summed E-state index contributed by atoms with van der Waals surface area (Å²) in [6.07, 6.45) is -0.657. The molecule has 0 aliphatic rings. The van der Waals surface area contributed by atoms with Gasteiger partial charge in [-0.25, -0.2) is 9.18 Å². The molecule has 2 amide bonds. The Kier molecular flexibility index (Phi) is 6.63. The molecule has 26 heavy (non-hydrogen) atoms. The molecular weight excluding hydrogens is 355 g/mol. The molecule has 5 nitrogen and oxygen atoms in total. The summed E-state index contributed by atoms with van der Waals surface area (Å²) in [5.41, 5.74) is -0.0490. The minimum Gasteiger partial charge on any atom is -0.444 e. The number of anilines is 1. The van der Waals surface area contributed by atoms with E-state index in [1.807, 2.05) is 12.1 Å². The predicted octanol–water partition coefficient (Wildman–Crippen LogP) is 4.44. The van der Waals surface area contributed by atoms with Crippen LogP contribution in [0.3, 0.4) is 0 Å². The van der Waals surface area contributed by atoms with Gasteiger partial charge in [-0.3, -0.25) is 4.79 Å². The van der Waals surface area contributed by atoms with Gasteiger partial charge in [-0.2, -0.15) is 0 Å². The molecule has 7 heteroatoms. The Hall–Kier alpha value is -2.54. The summed E-state index contributed by atoms with van der Waals surface area (Å²) >= 11 is 1.34. The van der Waals surface area contributed by atoms with Gasteiger partial charge < -0.3 is 15.4 Å². The molecule has 0 saturated heterocycles. The van der Waals surface area contributed by atoms with Gasteiger partial charge in [0.15, 0.2) is 0 Å². The third-order valence-corrected chi connectivity index (χ3v) is 4.04. The molecule has 0 atom stereocenters. The smallest absolute Gasteiger partial charge is 0.408 e. The van der Waals surface area contributed by atoms with E-state index in [1.54, 1.807) is 45.0 Å². The van der Waals surface area contributed by atoms with Crippen molar-refractivity contribution in [2.45, 2.75) is 36.2 Å². The summed E-state index contributed by atoms with van der Waals surface area (Å²) in [5, 5.41) is 5.15. The summed E-state index contributed by atoms with van der Waals surface area (Å²) < 4.78 is 18.4. The lowest BCUT2D eigenvalue weighted by atomic mass is 10.2. The van der Waals surface area contributed by atoms with Crippen LogP contribution in [0.4, 0.5) is 14.9 Å². The van der Waals surface area contributed by atoms with E-state index < -0.39 is 11.7 Å². The van der Waals surface area contributed by atoms with E-state index >= 15 is 0 Å². The van der Waals surface area contributed by atoms with Crippen molar-refractivity contribution in [3.63, 3.8) is 0 Å². The third-order valence-electron chi connectivity index (χ3n) is 2.98. The molecule has 138 valence electrons. The van der Waals surface area contributed by atoms with Gasteiger partial charge in [0.25, 0.3) is 0 Å². The fraction of sp³-hybridized carbons (Fsp3) is 0.263. The van der Waals surface area contributed by atoms with Gasteiger partial charge >= 0.3 is 6.09 Å². The lowest BCUT2D eigenvalue weighted by molar-refractivity contribution is -0.115. The number of halogens is 1. The van der Waals surface area contributed by atoms with Crippen LogP contribution < -0.4 is 10.6 Å². The molecule has 0 unspecified atom stereocenters. The van der Waals surface area contributed by atoms with Crippen molar-refractivity contribution in [3.05, 3.63) is 54.3 Å². The maximum atomic E-state index is 13.3. The monoisotopic (exact) mass is 376 g/mol. The number of hydrogen-bond acceptors (Lipinski definition) is 4. The predicted molar refractivity (Wildman–Crippen MR) is 99.8 cm³/mol. The van der Waals surface area contributed by atoms with Gasteiger partial charge in [0.05, 0.1) is 5.69 Å². The molecule has 0 fully saturated rings. The molecule has 0 spiro atoms. The molecule has 0 aromatic heterocycles. The zero-order valence-corrected chi connectivity index (χ0v) is 15.7. The Morgan fingerprint density at radius 1 is 1.12 bits per heavy atom. The second kappa shape index (κ2) is 8.71. The van der Waals surface area contributed by atoms with E-state index in [4.69, 9.17) is 4.74 Å². The first-order valence-corrected chi connectivity index (χ1v) is 8.84. The molecule has 0 radical (unpaired) electrons. The third kappa shape index (κ3) is 6.76. The number of nitrogens with one attached hydrogen (secondary N) is 2. The molecule has 2 aromatic carbocycles. The van der Waals surface area contributed by atoms with E-state index in [0.717, 1.165) is 9.79 Å². The fourth-order valence-corrected chi connectivity index (χ4v) is 2.93. The van der Waals surface area contributed by atoms with Crippen LogP contribution in [0.25, 0.3) is 0 Å². The molecule has 2 N–H and O–H groups in total. The molecule has 0 aliphatic carbocycles. The molecule has 0 heterocycles. The first-order valence-electron chi connectivity index (χ1n) is 8.02. The quantitative estimate of drug-likeness (QED) is 0.810. The molecule has 2 aromatic rings. The van der Waals surface area contributed by atoms with Crippen LogP contribution in [0, 0.1) is 5.82 Å². The van der Waals surface area contributed by atoms with Gasteiger partial charge in [0.2, 0.25) is 5.91 Å². The van der Waals surface area contributed by atoms with Gasteiger partial charge in [-0.15, -0.1) is 0 Å². The number of para-hydroxylation sites is 1. The summed E-state index contributed by atoms with van der Waals surface area (Å²) in [5.74, 6) is -0.707. The first kappa shape index (κ1) is 19.8. The highest BCUT2D eigenvalue weighted by molar-refractivity contribution is 7.99. The zero-order chi connectivity index (χ0) is 19.2. The summed E-state index contributed by atoms with van der Waals surface area (Å²) in [6, 6.07) is 13.4. The Labute approximate surface area is 156 Å². The maximum absolute atomic E-state index is 13.3. The van der Waals surface area contributed by atoms with Crippen molar-refractivity contribution in [2.75, 3.05) is 11.9 Å². The van der Waals surface area contributed by atoms with Crippen molar-refractivity contribution in [1.82, 2.24) is 5.32 Å². The van der Waals surface area contributed by atoms with Crippen molar-refractivity contribution in [2.24, 2.45) is 0 Å². The van der Waals surface area contributed by atoms with Crippen LogP contribution in [0.5, 0.6) is 0 Å². The van der Waals surface area contributed by atoms with Crippen molar-refractivity contribution >= 4 is 29.4 Å². The number of hydrogen-bond donors (Lipinski definition) is 2. The largest absolute Gasteiger partial charge is 0.444 e. The highest BCUT2D eigenvalue weighted by Crippen LogP contribution is 2.33. The fourth-order valence-electron chi connectivity index (χ4n) is 1.98. The minimum atomic E-state index is -0.657. The van der Waals surface area contributed by atoms with Crippen LogP contribution in [-0.4, -0.2) is 24.1 Å². The van der Waals surface area contributed by atoms with Gasteiger partial charge in [0.1, 0.15) is 18.0 Å². The Balaban J connectivity index is 1.97. The van der Waals surface area contributed by atoms with Gasteiger partial charge in [0, 0.05) is 9.79 Å². The van der Waals surface area contributed by atoms with E-state index in [-0.39, 0.29) is 18.3 Å². The minimum absolute atomic E-state index is 0.214. The van der Waals surface area contributed by atoms with Crippen LogP contribution in [0.2, 0.25) is 0 Å². The standard InChI is InChI=1S/C19H21FN2O3S/c1-19(2,3)25-18(24)21-12-17(23)22-15-9-4-5-10-16(15)26-14-8-6-7-13(20)11-14/h4-11H,12H2,1-3H3,(H,21,24)(H,22,23). The van der Waals surface area contributed by atoms with Crippen molar-refractivity contribution in [1.29, 1.82) is 0 Å². The van der Waals surface area contributed by atoms with E-state index in [0.29, 0.717) is 5.69 Å². The van der Waals surface area contributed by atoms with Crippen LogP contribution in [0.1, 0.15) is 20.8 Å². The topological polar surface area (TPSA) is 67.4 Å². The highest BCUT2D eigenvalue weighted by Gasteiger charge is 2.17. The number of alkyl carbamates (subject to hydrolysis) is 1.